The van der Waals surface area contributed by atoms with E-state index in [1.807, 2.05) is 38.1 Å². The van der Waals surface area contributed by atoms with E-state index in [9.17, 15) is 10.1 Å². The van der Waals surface area contributed by atoms with Crippen LogP contribution in [0.25, 0.3) is 21.1 Å². The van der Waals surface area contributed by atoms with Crippen LogP contribution in [0.5, 0.6) is 5.75 Å². The Morgan fingerprint density at radius 1 is 1.15 bits per heavy atom. The fourth-order valence-electron chi connectivity index (χ4n) is 5.04. The number of benzene rings is 2. The molecule has 1 aromatic heterocycles. The van der Waals surface area contributed by atoms with Crippen molar-refractivity contribution in [2.45, 2.75) is 64.5 Å². The summed E-state index contributed by atoms with van der Waals surface area (Å²) < 4.78 is 5.74. The normalized spacial score (nSPS) is 17.5. The summed E-state index contributed by atoms with van der Waals surface area (Å²) in [6.45, 7) is 3.88. The van der Waals surface area contributed by atoms with Gasteiger partial charge in [-0.3, -0.25) is 4.79 Å². The van der Waals surface area contributed by atoms with Gasteiger partial charge >= 0.3 is 0 Å². The van der Waals surface area contributed by atoms with Crippen LogP contribution in [0.4, 0.5) is 0 Å². The largest absolute Gasteiger partial charge is 0.490 e. The summed E-state index contributed by atoms with van der Waals surface area (Å²) in [7, 11) is 0. The van der Waals surface area contributed by atoms with E-state index in [4.69, 9.17) is 4.74 Å². The molecule has 2 aliphatic carbocycles. The lowest BCUT2D eigenvalue weighted by atomic mass is 10.0. The van der Waals surface area contributed by atoms with E-state index in [2.05, 4.69) is 33.7 Å². The molecule has 1 fully saturated rings. The monoisotopic (exact) mass is 472 g/mol. The van der Waals surface area contributed by atoms with Gasteiger partial charge in [-0.05, 0) is 68.9 Å². The van der Waals surface area contributed by atoms with Gasteiger partial charge in [-0.25, -0.2) is 0 Å². The summed E-state index contributed by atoms with van der Waals surface area (Å²) in [6.07, 6.45) is 6.17. The molecule has 0 unspecified atom stereocenters. The molecule has 0 spiro atoms. The number of carbonyl (C=O) groups excluding carboxylic acids is 1. The summed E-state index contributed by atoms with van der Waals surface area (Å²) in [5.41, 5.74) is 4.87. The lowest BCUT2D eigenvalue weighted by Crippen LogP contribution is -2.32. The maximum Gasteiger partial charge on any atom is 0.223 e. The molecule has 1 N–H and O–H groups in total. The molecule has 6 nitrogen and oxygen atoms in total. The SMILES string of the molecule is CC(C)Oc1ccc(-c2nnc(-c3cccc4c3CC[C@H]4NC(=O)C3CCCC3)s2)cc1C#N. The van der Waals surface area contributed by atoms with Crippen LogP contribution >= 0.6 is 11.3 Å². The van der Waals surface area contributed by atoms with Crippen molar-refractivity contribution in [3.63, 3.8) is 0 Å². The number of carbonyl (C=O) groups is 1. The summed E-state index contributed by atoms with van der Waals surface area (Å²) in [6, 6.07) is 14.1. The van der Waals surface area contributed by atoms with E-state index in [-0.39, 0.29) is 24.0 Å². The van der Waals surface area contributed by atoms with Crippen LogP contribution in [-0.2, 0) is 11.2 Å². The lowest BCUT2D eigenvalue weighted by Gasteiger charge is -2.17. The Bertz CT molecular complexity index is 1250. The topological polar surface area (TPSA) is 87.9 Å². The van der Waals surface area contributed by atoms with Gasteiger partial charge in [0.25, 0.3) is 0 Å². The van der Waals surface area contributed by atoms with Crippen LogP contribution in [0.1, 0.15) is 68.7 Å². The van der Waals surface area contributed by atoms with Gasteiger partial charge in [0.1, 0.15) is 21.8 Å². The van der Waals surface area contributed by atoms with Crippen molar-refractivity contribution in [1.29, 1.82) is 5.26 Å². The number of nitrogens with zero attached hydrogens (tertiary/aromatic N) is 3. The minimum absolute atomic E-state index is 0.00182. The number of aromatic nitrogens is 2. The van der Waals surface area contributed by atoms with Crippen molar-refractivity contribution in [3.8, 4) is 33.0 Å². The van der Waals surface area contributed by atoms with E-state index in [0.29, 0.717) is 11.3 Å². The fourth-order valence-corrected chi connectivity index (χ4v) is 5.93. The third-order valence-corrected chi connectivity index (χ3v) is 7.68. The van der Waals surface area contributed by atoms with Crippen molar-refractivity contribution < 1.29 is 9.53 Å². The number of hydrogen-bond acceptors (Lipinski definition) is 6. The first-order valence-corrected chi connectivity index (χ1v) is 12.8. The van der Waals surface area contributed by atoms with Gasteiger partial charge in [0.05, 0.1) is 17.7 Å². The molecule has 34 heavy (non-hydrogen) atoms. The van der Waals surface area contributed by atoms with Crippen molar-refractivity contribution in [3.05, 3.63) is 53.1 Å². The molecular formula is C27H28N4O2S. The van der Waals surface area contributed by atoms with Crippen LogP contribution in [0, 0.1) is 17.2 Å². The van der Waals surface area contributed by atoms with Crippen molar-refractivity contribution in [1.82, 2.24) is 15.5 Å². The second-order valence-electron chi connectivity index (χ2n) is 9.36. The smallest absolute Gasteiger partial charge is 0.223 e. The standard InChI is InChI=1S/C27H28N4O2S/c1-16(2)33-24-13-10-18(14-19(24)15-28)26-30-31-27(34-26)22-9-5-8-21-20(22)11-12-23(21)29-25(32)17-6-3-4-7-17/h5,8-10,13-14,16-17,23H,3-4,6-7,11-12H2,1-2H3,(H,29,32)/t23-/m1/s1. The molecule has 0 aliphatic heterocycles. The maximum absolute atomic E-state index is 12.7. The quantitative estimate of drug-likeness (QED) is 0.488. The van der Waals surface area contributed by atoms with Crippen LogP contribution in [0.3, 0.4) is 0 Å². The average molecular weight is 473 g/mol. The van der Waals surface area contributed by atoms with Gasteiger partial charge < -0.3 is 10.1 Å². The maximum atomic E-state index is 12.7. The van der Waals surface area contributed by atoms with Gasteiger partial charge in [0, 0.05) is 17.0 Å². The third kappa shape index (κ3) is 4.43. The highest BCUT2D eigenvalue weighted by molar-refractivity contribution is 7.17. The Morgan fingerprint density at radius 2 is 1.94 bits per heavy atom. The molecule has 1 atom stereocenters. The molecule has 2 aromatic carbocycles. The average Bonchev–Trinajstić information content (AvgIpc) is 3.60. The molecule has 2 aliphatic rings. The van der Waals surface area contributed by atoms with Gasteiger partial charge in [0.2, 0.25) is 5.91 Å². The summed E-state index contributed by atoms with van der Waals surface area (Å²) in [5, 5.41) is 23.4. The number of ether oxygens (including phenoxy) is 1. The zero-order valence-corrected chi connectivity index (χ0v) is 20.3. The number of nitriles is 1. The first-order chi connectivity index (χ1) is 16.5. The molecule has 174 valence electrons. The second kappa shape index (κ2) is 9.55. The first-order valence-electron chi connectivity index (χ1n) is 12.0. The number of rotatable bonds is 6. The molecule has 0 bridgehead atoms. The Morgan fingerprint density at radius 3 is 2.71 bits per heavy atom. The van der Waals surface area contributed by atoms with Gasteiger partial charge in [-0.1, -0.05) is 42.4 Å². The van der Waals surface area contributed by atoms with E-state index in [1.165, 1.54) is 22.5 Å². The number of hydrogen-bond donors (Lipinski definition) is 1. The zero-order valence-electron chi connectivity index (χ0n) is 19.5. The predicted molar refractivity (Wildman–Crippen MR) is 132 cm³/mol. The highest BCUT2D eigenvalue weighted by Crippen LogP contribution is 2.40. The van der Waals surface area contributed by atoms with Crippen LogP contribution in [-0.4, -0.2) is 22.2 Å². The van der Waals surface area contributed by atoms with E-state index >= 15 is 0 Å². The van der Waals surface area contributed by atoms with E-state index in [1.54, 1.807) is 0 Å². The molecule has 0 radical (unpaired) electrons. The summed E-state index contributed by atoms with van der Waals surface area (Å²) >= 11 is 1.52. The Kier molecular flexibility index (Phi) is 6.34. The number of fused-ring (bicyclic) bond motifs is 1. The molecule has 3 aromatic rings. The van der Waals surface area contributed by atoms with Crippen molar-refractivity contribution >= 4 is 17.2 Å². The number of amides is 1. The van der Waals surface area contributed by atoms with Crippen LogP contribution < -0.4 is 10.1 Å². The van der Waals surface area contributed by atoms with Crippen LogP contribution in [0.2, 0.25) is 0 Å². The molecular weight excluding hydrogens is 444 g/mol. The highest BCUT2D eigenvalue weighted by atomic mass is 32.1. The zero-order chi connectivity index (χ0) is 23.7. The highest BCUT2D eigenvalue weighted by Gasteiger charge is 2.30. The second-order valence-corrected chi connectivity index (χ2v) is 10.3. The van der Waals surface area contributed by atoms with E-state index in [0.717, 1.165) is 59.7 Å². The Balaban J connectivity index is 1.39. The first kappa shape index (κ1) is 22.5. The fraction of sp³-hybridized carbons (Fsp3) is 0.407. The van der Waals surface area contributed by atoms with Crippen molar-refractivity contribution in [2.24, 2.45) is 5.92 Å². The Hall–Kier alpha value is -3.24. The summed E-state index contributed by atoms with van der Waals surface area (Å²) in [4.78, 5) is 12.7. The molecule has 5 rings (SSSR count). The molecule has 0 saturated heterocycles. The van der Waals surface area contributed by atoms with E-state index < -0.39 is 0 Å². The minimum Gasteiger partial charge on any atom is -0.490 e. The molecule has 1 heterocycles. The lowest BCUT2D eigenvalue weighted by molar-refractivity contribution is -0.125. The van der Waals surface area contributed by atoms with Gasteiger partial charge in [0.15, 0.2) is 0 Å². The third-order valence-electron chi connectivity index (χ3n) is 6.68. The summed E-state index contributed by atoms with van der Waals surface area (Å²) in [5.74, 6) is 0.961. The minimum atomic E-state index is -0.00182. The van der Waals surface area contributed by atoms with Gasteiger partial charge in [-0.15, -0.1) is 10.2 Å². The predicted octanol–water partition coefficient (Wildman–Crippen LogP) is 5.82. The van der Waals surface area contributed by atoms with Crippen molar-refractivity contribution in [2.75, 3.05) is 0 Å². The van der Waals surface area contributed by atoms with Crippen LogP contribution in [0.15, 0.2) is 36.4 Å². The molecule has 7 heteroatoms. The number of nitrogens with one attached hydrogen (secondary N) is 1. The molecule has 1 amide bonds. The van der Waals surface area contributed by atoms with Gasteiger partial charge in [-0.2, -0.15) is 5.26 Å². The molecule has 1 saturated carbocycles. The Labute approximate surface area is 204 Å².